The van der Waals surface area contributed by atoms with E-state index in [2.05, 4.69) is 5.10 Å². The summed E-state index contributed by atoms with van der Waals surface area (Å²) in [5.74, 6) is 0.999. The average Bonchev–Trinajstić information content (AvgIpc) is 2.84. The molecule has 0 bridgehead atoms. The Bertz CT molecular complexity index is 532. The van der Waals surface area contributed by atoms with Crippen LogP contribution in [0, 0.1) is 0 Å². The minimum atomic E-state index is -4.30. The molecule has 0 atom stereocenters. The SMILES string of the molecule is CSCCc1cnn(-c2ccc(C(F)(F)F)cc2)c1. The van der Waals surface area contributed by atoms with Gasteiger partial charge in [-0.1, -0.05) is 0 Å². The highest BCUT2D eigenvalue weighted by molar-refractivity contribution is 7.98. The van der Waals surface area contributed by atoms with Crippen molar-refractivity contribution in [2.24, 2.45) is 0 Å². The summed E-state index contributed by atoms with van der Waals surface area (Å²) in [5, 5.41) is 4.16. The van der Waals surface area contributed by atoms with Gasteiger partial charge in [-0.15, -0.1) is 0 Å². The molecule has 1 heterocycles. The molecule has 0 fully saturated rings. The van der Waals surface area contributed by atoms with E-state index in [9.17, 15) is 13.2 Å². The molecule has 0 aliphatic heterocycles. The molecule has 1 aromatic heterocycles. The van der Waals surface area contributed by atoms with Crippen molar-refractivity contribution >= 4 is 11.8 Å². The molecule has 102 valence electrons. The predicted octanol–water partition coefficient (Wildman–Crippen LogP) is 3.80. The van der Waals surface area contributed by atoms with Crippen LogP contribution < -0.4 is 0 Å². The van der Waals surface area contributed by atoms with Crippen LogP contribution in [0.4, 0.5) is 13.2 Å². The summed E-state index contributed by atoms with van der Waals surface area (Å²) >= 11 is 1.74. The van der Waals surface area contributed by atoms with Crippen LogP contribution in [0.2, 0.25) is 0 Å². The fourth-order valence-corrected chi connectivity index (χ4v) is 2.09. The van der Waals surface area contributed by atoms with Gasteiger partial charge in [-0.2, -0.15) is 30.0 Å². The van der Waals surface area contributed by atoms with Crippen molar-refractivity contribution in [2.75, 3.05) is 12.0 Å². The van der Waals surface area contributed by atoms with Crippen LogP contribution in [-0.4, -0.2) is 21.8 Å². The van der Waals surface area contributed by atoms with Crippen molar-refractivity contribution in [2.45, 2.75) is 12.6 Å². The molecule has 0 saturated carbocycles. The fourth-order valence-electron chi connectivity index (χ4n) is 1.65. The summed E-state index contributed by atoms with van der Waals surface area (Å²) in [7, 11) is 0. The minimum Gasteiger partial charge on any atom is -0.241 e. The molecule has 2 aromatic rings. The third-order valence-corrected chi connectivity index (χ3v) is 3.30. The van der Waals surface area contributed by atoms with Crippen molar-refractivity contribution in [3.05, 3.63) is 47.8 Å². The number of nitrogens with zero attached hydrogens (tertiary/aromatic N) is 2. The molecule has 0 aliphatic rings. The van der Waals surface area contributed by atoms with Crippen LogP contribution in [0.15, 0.2) is 36.7 Å². The third-order valence-electron chi connectivity index (χ3n) is 2.69. The first-order valence-corrected chi connectivity index (χ1v) is 7.10. The molecule has 6 heteroatoms. The highest BCUT2D eigenvalue weighted by Crippen LogP contribution is 2.29. The Hall–Kier alpha value is -1.43. The smallest absolute Gasteiger partial charge is 0.241 e. The van der Waals surface area contributed by atoms with Crippen LogP contribution in [0.5, 0.6) is 0 Å². The normalized spacial score (nSPS) is 11.8. The highest BCUT2D eigenvalue weighted by atomic mass is 32.2. The first-order chi connectivity index (χ1) is 9.00. The van der Waals surface area contributed by atoms with Gasteiger partial charge in [0.15, 0.2) is 0 Å². The number of alkyl halides is 3. The van der Waals surface area contributed by atoms with Gasteiger partial charge < -0.3 is 0 Å². The Kier molecular flexibility index (Phi) is 4.19. The Morgan fingerprint density at radius 3 is 2.47 bits per heavy atom. The molecule has 0 N–H and O–H groups in total. The predicted molar refractivity (Wildman–Crippen MR) is 70.7 cm³/mol. The molecule has 0 amide bonds. The summed E-state index contributed by atoms with van der Waals surface area (Å²) in [6.45, 7) is 0. The number of aromatic nitrogens is 2. The van der Waals surface area contributed by atoms with E-state index in [0.29, 0.717) is 5.69 Å². The second-order valence-corrected chi connectivity index (χ2v) is 5.07. The van der Waals surface area contributed by atoms with Crippen LogP contribution in [0.25, 0.3) is 5.69 Å². The number of aryl methyl sites for hydroxylation is 1. The maximum atomic E-state index is 12.4. The lowest BCUT2D eigenvalue weighted by atomic mass is 10.2. The van der Waals surface area contributed by atoms with Crippen molar-refractivity contribution in [1.29, 1.82) is 0 Å². The Morgan fingerprint density at radius 2 is 1.89 bits per heavy atom. The van der Waals surface area contributed by atoms with Gasteiger partial charge in [-0.25, -0.2) is 4.68 Å². The lowest BCUT2D eigenvalue weighted by Crippen LogP contribution is -2.05. The standard InChI is InChI=1S/C13H13F3N2S/c1-19-7-6-10-8-17-18(9-10)12-4-2-11(3-5-12)13(14,15)16/h2-5,8-9H,6-7H2,1H3. The van der Waals surface area contributed by atoms with Crippen molar-refractivity contribution in [1.82, 2.24) is 9.78 Å². The van der Waals surface area contributed by atoms with Crippen LogP contribution in [0.1, 0.15) is 11.1 Å². The molecule has 0 unspecified atom stereocenters. The van der Waals surface area contributed by atoms with E-state index in [0.717, 1.165) is 29.9 Å². The molecule has 1 aromatic carbocycles. The van der Waals surface area contributed by atoms with Crippen molar-refractivity contribution in [3.63, 3.8) is 0 Å². The van der Waals surface area contributed by atoms with E-state index in [1.54, 1.807) is 22.6 Å². The van der Waals surface area contributed by atoms with Gasteiger partial charge in [-0.3, -0.25) is 0 Å². The Morgan fingerprint density at radius 1 is 1.21 bits per heavy atom. The minimum absolute atomic E-state index is 0.628. The maximum absolute atomic E-state index is 12.4. The monoisotopic (exact) mass is 286 g/mol. The van der Waals surface area contributed by atoms with Crippen molar-refractivity contribution in [3.8, 4) is 5.69 Å². The van der Waals surface area contributed by atoms with Gasteiger partial charge >= 0.3 is 6.18 Å². The van der Waals surface area contributed by atoms with E-state index in [1.165, 1.54) is 12.1 Å². The molecule has 0 spiro atoms. The zero-order valence-corrected chi connectivity index (χ0v) is 11.1. The first-order valence-electron chi connectivity index (χ1n) is 5.71. The molecular weight excluding hydrogens is 273 g/mol. The van der Waals surface area contributed by atoms with Crippen LogP contribution >= 0.6 is 11.8 Å². The van der Waals surface area contributed by atoms with E-state index in [-0.39, 0.29) is 0 Å². The maximum Gasteiger partial charge on any atom is 0.416 e. The largest absolute Gasteiger partial charge is 0.416 e. The van der Waals surface area contributed by atoms with Gasteiger partial charge in [0.25, 0.3) is 0 Å². The van der Waals surface area contributed by atoms with E-state index in [1.807, 2.05) is 12.5 Å². The van der Waals surface area contributed by atoms with Gasteiger partial charge in [-0.05, 0) is 48.3 Å². The Balaban J connectivity index is 2.16. The number of hydrogen-bond acceptors (Lipinski definition) is 2. The third kappa shape index (κ3) is 3.53. The van der Waals surface area contributed by atoms with Gasteiger partial charge in [0.2, 0.25) is 0 Å². The number of thioether (sulfide) groups is 1. The second kappa shape index (κ2) is 5.69. The average molecular weight is 286 g/mol. The zero-order chi connectivity index (χ0) is 13.9. The molecule has 0 radical (unpaired) electrons. The number of halogens is 3. The summed E-state index contributed by atoms with van der Waals surface area (Å²) in [4.78, 5) is 0. The molecule has 2 rings (SSSR count). The fraction of sp³-hybridized carbons (Fsp3) is 0.308. The van der Waals surface area contributed by atoms with E-state index in [4.69, 9.17) is 0 Å². The van der Waals surface area contributed by atoms with Gasteiger partial charge in [0, 0.05) is 6.20 Å². The first kappa shape index (κ1) is 14.0. The Labute approximate surface area is 113 Å². The lowest BCUT2D eigenvalue weighted by Gasteiger charge is -2.07. The molecule has 2 nitrogen and oxygen atoms in total. The summed E-state index contributed by atoms with van der Waals surface area (Å²) in [6, 6.07) is 4.99. The quantitative estimate of drug-likeness (QED) is 0.851. The number of hydrogen-bond donors (Lipinski definition) is 0. The van der Waals surface area contributed by atoms with Crippen LogP contribution in [-0.2, 0) is 12.6 Å². The number of benzene rings is 1. The summed E-state index contributed by atoms with van der Waals surface area (Å²) in [5.41, 5.74) is 1.06. The van der Waals surface area contributed by atoms with Crippen LogP contribution in [0.3, 0.4) is 0 Å². The summed E-state index contributed by atoms with van der Waals surface area (Å²) < 4.78 is 38.9. The highest BCUT2D eigenvalue weighted by Gasteiger charge is 2.29. The number of rotatable bonds is 4. The molecule has 0 aliphatic carbocycles. The topological polar surface area (TPSA) is 17.8 Å². The zero-order valence-electron chi connectivity index (χ0n) is 10.3. The molecule has 19 heavy (non-hydrogen) atoms. The lowest BCUT2D eigenvalue weighted by molar-refractivity contribution is -0.137. The van der Waals surface area contributed by atoms with Gasteiger partial charge in [0.1, 0.15) is 0 Å². The van der Waals surface area contributed by atoms with Crippen molar-refractivity contribution < 1.29 is 13.2 Å². The molecular formula is C13H13F3N2S. The van der Waals surface area contributed by atoms with E-state index >= 15 is 0 Å². The second-order valence-electron chi connectivity index (χ2n) is 4.08. The van der Waals surface area contributed by atoms with E-state index < -0.39 is 11.7 Å². The van der Waals surface area contributed by atoms with Gasteiger partial charge in [0.05, 0.1) is 17.4 Å². The summed E-state index contributed by atoms with van der Waals surface area (Å²) in [6.07, 6.45) is 2.22. The molecule has 0 saturated heterocycles.